The van der Waals surface area contributed by atoms with E-state index in [9.17, 15) is 0 Å². The first-order chi connectivity index (χ1) is 9.31. The molecule has 0 amide bonds. The summed E-state index contributed by atoms with van der Waals surface area (Å²) in [6, 6.07) is 15.3. The smallest absolute Gasteiger partial charge is 0.0671 e. The number of aryl methyl sites for hydroxylation is 2. The molecule has 0 N–H and O–H groups in total. The van der Waals surface area contributed by atoms with E-state index in [1.807, 2.05) is 0 Å². The minimum atomic E-state index is 0.0372. The molecule has 0 bridgehead atoms. The summed E-state index contributed by atoms with van der Waals surface area (Å²) in [4.78, 5) is 4.69. The van der Waals surface area contributed by atoms with Gasteiger partial charge in [-0.3, -0.25) is 4.99 Å². The van der Waals surface area contributed by atoms with Crippen molar-refractivity contribution in [1.29, 1.82) is 0 Å². The summed E-state index contributed by atoms with van der Waals surface area (Å²) < 4.78 is 0. The van der Waals surface area contributed by atoms with Crippen LogP contribution in [0.2, 0.25) is 0 Å². The predicted octanol–water partition coefficient (Wildman–Crippen LogP) is 4.33. The first-order valence-electron chi connectivity index (χ1n) is 7.05. The van der Waals surface area contributed by atoms with Gasteiger partial charge in [-0.2, -0.15) is 0 Å². The summed E-state index contributed by atoms with van der Waals surface area (Å²) in [5, 5.41) is 0. The Hall–Kier alpha value is -1.89. The van der Waals surface area contributed by atoms with Crippen LogP contribution in [0.3, 0.4) is 0 Å². The van der Waals surface area contributed by atoms with Crippen LogP contribution in [0.15, 0.2) is 47.5 Å². The molecule has 0 aromatic heterocycles. The standard InChI is InChI=1S/C18H17N/c1-13-6-4-7-14-8-5-11-18(17(13)14)12-19-16-10-3-2-9-15(16)18/h2-4,6-7,9-10,12H,5,8,11H2,1H3. The van der Waals surface area contributed by atoms with Gasteiger partial charge in [-0.15, -0.1) is 0 Å². The van der Waals surface area contributed by atoms with E-state index in [0.29, 0.717) is 0 Å². The molecule has 0 saturated carbocycles. The Morgan fingerprint density at radius 1 is 1.05 bits per heavy atom. The SMILES string of the molecule is Cc1cccc2c1C1(C=Nc3ccccc31)CCC2. The lowest BCUT2D eigenvalue weighted by molar-refractivity contribution is 0.553. The third kappa shape index (κ3) is 1.39. The minimum Gasteiger partial charge on any atom is -0.260 e. The molecule has 2 aromatic carbocycles. The summed E-state index contributed by atoms with van der Waals surface area (Å²) in [7, 11) is 0. The van der Waals surface area contributed by atoms with E-state index >= 15 is 0 Å². The molecule has 1 unspecified atom stereocenters. The van der Waals surface area contributed by atoms with Gasteiger partial charge in [0.1, 0.15) is 0 Å². The average Bonchev–Trinajstić information content (AvgIpc) is 2.79. The molecule has 2 aromatic rings. The number of fused-ring (bicyclic) bond motifs is 4. The molecular weight excluding hydrogens is 230 g/mol. The second-order valence-electron chi connectivity index (χ2n) is 5.71. The Balaban J connectivity index is 2.04. The maximum Gasteiger partial charge on any atom is 0.0671 e. The Labute approximate surface area is 114 Å². The highest BCUT2D eigenvalue weighted by molar-refractivity contribution is 5.90. The summed E-state index contributed by atoms with van der Waals surface area (Å²) in [5.41, 5.74) is 7.00. The molecular formula is C18H17N. The van der Waals surface area contributed by atoms with Gasteiger partial charge in [0, 0.05) is 6.21 Å². The van der Waals surface area contributed by atoms with Crippen LogP contribution in [0, 0.1) is 6.92 Å². The lowest BCUT2D eigenvalue weighted by Gasteiger charge is -2.36. The molecule has 1 atom stereocenters. The monoisotopic (exact) mass is 247 g/mol. The fraction of sp³-hybridized carbons (Fsp3) is 0.278. The third-order valence-corrected chi connectivity index (χ3v) is 4.63. The van der Waals surface area contributed by atoms with Crippen molar-refractivity contribution >= 4 is 11.9 Å². The second-order valence-corrected chi connectivity index (χ2v) is 5.71. The molecule has 0 saturated heterocycles. The Kier molecular flexibility index (Phi) is 2.20. The zero-order valence-corrected chi connectivity index (χ0v) is 11.2. The fourth-order valence-electron chi connectivity index (χ4n) is 3.87. The maximum absolute atomic E-state index is 4.69. The highest BCUT2D eigenvalue weighted by atomic mass is 14.8. The van der Waals surface area contributed by atoms with Crippen molar-refractivity contribution < 1.29 is 0 Å². The van der Waals surface area contributed by atoms with E-state index in [1.54, 1.807) is 0 Å². The van der Waals surface area contributed by atoms with Gasteiger partial charge >= 0.3 is 0 Å². The Morgan fingerprint density at radius 2 is 1.95 bits per heavy atom. The number of benzene rings is 2. The van der Waals surface area contributed by atoms with Gasteiger partial charge in [0.2, 0.25) is 0 Å². The molecule has 1 aliphatic heterocycles. The molecule has 4 rings (SSSR count). The summed E-state index contributed by atoms with van der Waals surface area (Å²) >= 11 is 0. The molecule has 94 valence electrons. The van der Waals surface area contributed by atoms with Crippen molar-refractivity contribution in [2.45, 2.75) is 31.6 Å². The zero-order valence-electron chi connectivity index (χ0n) is 11.2. The minimum absolute atomic E-state index is 0.0372. The molecule has 1 aliphatic carbocycles. The van der Waals surface area contributed by atoms with E-state index in [2.05, 4.69) is 55.6 Å². The first kappa shape index (κ1) is 11.0. The van der Waals surface area contributed by atoms with E-state index in [-0.39, 0.29) is 5.41 Å². The van der Waals surface area contributed by atoms with Crippen LogP contribution in [-0.2, 0) is 11.8 Å². The van der Waals surface area contributed by atoms with E-state index in [4.69, 9.17) is 4.99 Å². The lowest BCUT2D eigenvalue weighted by Crippen LogP contribution is -2.32. The zero-order chi connectivity index (χ0) is 12.9. The molecule has 2 aliphatic rings. The molecule has 1 spiro atoms. The van der Waals surface area contributed by atoms with Gasteiger partial charge in [0.25, 0.3) is 0 Å². The number of para-hydroxylation sites is 1. The Bertz CT molecular complexity index is 684. The van der Waals surface area contributed by atoms with Gasteiger partial charge < -0.3 is 0 Å². The number of nitrogens with zero attached hydrogens (tertiary/aromatic N) is 1. The Morgan fingerprint density at radius 3 is 2.89 bits per heavy atom. The normalized spacial score (nSPS) is 23.4. The van der Waals surface area contributed by atoms with Gasteiger partial charge in [0.05, 0.1) is 11.1 Å². The molecule has 1 heteroatoms. The first-order valence-corrected chi connectivity index (χ1v) is 7.05. The van der Waals surface area contributed by atoms with Crippen LogP contribution < -0.4 is 0 Å². The largest absolute Gasteiger partial charge is 0.260 e. The maximum atomic E-state index is 4.69. The molecule has 19 heavy (non-hydrogen) atoms. The van der Waals surface area contributed by atoms with Crippen LogP contribution in [-0.4, -0.2) is 6.21 Å². The van der Waals surface area contributed by atoms with Crippen molar-refractivity contribution in [3.05, 3.63) is 64.7 Å². The molecule has 0 fully saturated rings. The third-order valence-electron chi connectivity index (χ3n) is 4.63. The van der Waals surface area contributed by atoms with Crippen LogP contribution in [0.25, 0.3) is 0 Å². The number of rotatable bonds is 0. The summed E-state index contributed by atoms with van der Waals surface area (Å²) in [6.07, 6.45) is 5.83. The lowest BCUT2D eigenvalue weighted by atomic mass is 9.66. The molecule has 1 nitrogen and oxygen atoms in total. The predicted molar refractivity (Wildman–Crippen MR) is 79.5 cm³/mol. The summed E-state index contributed by atoms with van der Waals surface area (Å²) in [5.74, 6) is 0. The van der Waals surface area contributed by atoms with Gasteiger partial charge in [-0.05, 0) is 54.5 Å². The van der Waals surface area contributed by atoms with Crippen molar-refractivity contribution in [3.63, 3.8) is 0 Å². The van der Waals surface area contributed by atoms with Crippen molar-refractivity contribution in [2.24, 2.45) is 4.99 Å². The number of hydrogen-bond donors (Lipinski definition) is 0. The topological polar surface area (TPSA) is 12.4 Å². The number of hydrogen-bond acceptors (Lipinski definition) is 1. The van der Waals surface area contributed by atoms with Crippen molar-refractivity contribution in [3.8, 4) is 0 Å². The van der Waals surface area contributed by atoms with E-state index < -0.39 is 0 Å². The quantitative estimate of drug-likeness (QED) is 0.657. The van der Waals surface area contributed by atoms with E-state index in [0.717, 1.165) is 5.69 Å². The van der Waals surface area contributed by atoms with Crippen LogP contribution in [0.1, 0.15) is 35.1 Å². The van der Waals surface area contributed by atoms with Crippen LogP contribution >= 0.6 is 0 Å². The van der Waals surface area contributed by atoms with Crippen LogP contribution in [0.5, 0.6) is 0 Å². The number of aliphatic imine (C=N–C) groups is 1. The van der Waals surface area contributed by atoms with Gasteiger partial charge in [0.15, 0.2) is 0 Å². The van der Waals surface area contributed by atoms with Crippen molar-refractivity contribution in [1.82, 2.24) is 0 Å². The van der Waals surface area contributed by atoms with E-state index in [1.165, 1.54) is 41.5 Å². The molecule has 0 radical (unpaired) electrons. The summed E-state index contributed by atoms with van der Waals surface area (Å²) in [6.45, 7) is 2.24. The van der Waals surface area contributed by atoms with Crippen LogP contribution in [0.4, 0.5) is 5.69 Å². The second kappa shape index (κ2) is 3.80. The fourth-order valence-corrected chi connectivity index (χ4v) is 3.87. The highest BCUT2D eigenvalue weighted by Gasteiger charge is 2.41. The molecule has 1 heterocycles. The van der Waals surface area contributed by atoms with Gasteiger partial charge in [-0.1, -0.05) is 36.4 Å². The highest BCUT2D eigenvalue weighted by Crippen LogP contribution is 2.49. The average molecular weight is 247 g/mol. The van der Waals surface area contributed by atoms with Crippen molar-refractivity contribution in [2.75, 3.05) is 0 Å². The van der Waals surface area contributed by atoms with Gasteiger partial charge in [-0.25, -0.2) is 0 Å².